The van der Waals surface area contributed by atoms with Crippen LogP contribution in [0.1, 0.15) is 39.0 Å². The highest BCUT2D eigenvalue weighted by Gasteiger charge is 2.40. The summed E-state index contributed by atoms with van der Waals surface area (Å²) in [6.45, 7) is 1.98. The molecule has 22 heavy (non-hydrogen) atoms. The average molecular weight is 303 g/mol. The van der Waals surface area contributed by atoms with Crippen LogP contribution in [0.25, 0.3) is 0 Å². The molecule has 2 bridgehead atoms. The number of rotatable bonds is 6. The topological polar surface area (TPSA) is 47.6 Å². The molecule has 4 atom stereocenters. The van der Waals surface area contributed by atoms with E-state index >= 15 is 0 Å². The van der Waals surface area contributed by atoms with Crippen LogP contribution in [0.15, 0.2) is 24.3 Å². The minimum atomic E-state index is -0.424. The van der Waals surface area contributed by atoms with Crippen molar-refractivity contribution in [2.45, 2.75) is 51.2 Å². The molecule has 4 heteroatoms. The molecule has 1 aromatic rings. The van der Waals surface area contributed by atoms with Crippen molar-refractivity contribution in [3.63, 3.8) is 0 Å². The zero-order valence-corrected chi connectivity index (χ0v) is 13.4. The minimum Gasteiger partial charge on any atom is -0.497 e. The third-order valence-electron chi connectivity index (χ3n) is 5.07. The molecule has 4 nitrogen and oxygen atoms in total. The van der Waals surface area contributed by atoms with Gasteiger partial charge in [0.15, 0.2) is 6.10 Å². The monoisotopic (exact) mass is 303 g/mol. The summed E-state index contributed by atoms with van der Waals surface area (Å²) in [5.74, 6) is 3.03. The van der Waals surface area contributed by atoms with Gasteiger partial charge >= 0.3 is 0 Å². The molecule has 1 aromatic carbocycles. The third kappa shape index (κ3) is 3.21. The fourth-order valence-corrected chi connectivity index (χ4v) is 3.84. The highest BCUT2D eigenvalue weighted by atomic mass is 16.5. The van der Waals surface area contributed by atoms with Crippen molar-refractivity contribution in [3.8, 4) is 11.5 Å². The molecule has 3 rings (SSSR count). The van der Waals surface area contributed by atoms with Crippen LogP contribution in [-0.2, 0) is 4.79 Å². The lowest BCUT2D eigenvalue weighted by atomic mass is 9.95. The molecule has 0 spiro atoms. The quantitative estimate of drug-likeness (QED) is 0.878. The Balaban J connectivity index is 1.56. The van der Waals surface area contributed by atoms with Crippen LogP contribution in [0.5, 0.6) is 11.5 Å². The van der Waals surface area contributed by atoms with Gasteiger partial charge in [0.2, 0.25) is 0 Å². The molecule has 2 aliphatic rings. The van der Waals surface area contributed by atoms with Crippen LogP contribution in [0.4, 0.5) is 0 Å². The number of hydrogen-bond donors (Lipinski definition) is 1. The van der Waals surface area contributed by atoms with E-state index in [1.165, 1.54) is 19.3 Å². The summed E-state index contributed by atoms with van der Waals surface area (Å²) in [6.07, 6.45) is 5.30. The van der Waals surface area contributed by atoms with Crippen molar-refractivity contribution >= 4 is 5.91 Å². The minimum absolute atomic E-state index is 0.0240. The Morgan fingerprint density at radius 1 is 1.23 bits per heavy atom. The zero-order chi connectivity index (χ0) is 15.5. The number of carbonyl (C=O) groups is 1. The van der Waals surface area contributed by atoms with Gasteiger partial charge in [0, 0.05) is 6.04 Å². The lowest BCUT2D eigenvalue weighted by Crippen LogP contribution is -2.45. The SMILES string of the molecule is CC[C@@H](Oc1ccc(OC)cc1)C(=O)N[C@@H]1C[C@H]2CC[C@H]1C2. The van der Waals surface area contributed by atoms with E-state index < -0.39 is 6.10 Å². The van der Waals surface area contributed by atoms with Crippen molar-refractivity contribution < 1.29 is 14.3 Å². The molecule has 0 heterocycles. The molecule has 0 aromatic heterocycles. The van der Waals surface area contributed by atoms with Gasteiger partial charge in [-0.25, -0.2) is 0 Å². The Kier molecular flexibility index (Phi) is 4.55. The van der Waals surface area contributed by atoms with Gasteiger partial charge in [-0.15, -0.1) is 0 Å². The molecule has 0 saturated heterocycles. The number of fused-ring (bicyclic) bond motifs is 2. The smallest absolute Gasteiger partial charge is 0.261 e. The van der Waals surface area contributed by atoms with E-state index in [1.807, 2.05) is 31.2 Å². The Morgan fingerprint density at radius 3 is 2.50 bits per heavy atom. The number of amides is 1. The van der Waals surface area contributed by atoms with E-state index in [-0.39, 0.29) is 5.91 Å². The standard InChI is InChI=1S/C18H25NO3/c1-3-17(22-15-8-6-14(21-2)7-9-15)18(20)19-16-11-12-4-5-13(16)10-12/h6-9,12-13,16-17H,3-5,10-11H2,1-2H3,(H,19,20)/t12-,13-,16+,17+/m0/s1. The van der Waals surface area contributed by atoms with E-state index in [0.717, 1.165) is 18.1 Å². The molecule has 2 fully saturated rings. The average Bonchev–Trinajstić information content (AvgIpc) is 3.15. The summed E-state index contributed by atoms with van der Waals surface area (Å²) < 4.78 is 11.0. The van der Waals surface area contributed by atoms with Crippen LogP contribution in [0.3, 0.4) is 0 Å². The summed E-state index contributed by atoms with van der Waals surface area (Å²) in [5, 5.41) is 3.22. The maximum Gasteiger partial charge on any atom is 0.261 e. The second kappa shape index (κ2) is 6.59. The Labute approximate surface area is 132 Å². The lowest BCUT2D eigenvalue weighted by Gasteiger charge is -2.25. The first-order valence-corrected chi connectivity index (χ1v) is 8.30. The number of carbonyl (C=O) groups excluding carboxylic acids is 1. The Hall–Kier alpha value is -1.71. The first kappa shape index (κ1) is 15.2. The summed E-state index contributed by atoms with van der Waals surface area (Å²) in [5.41, 5.74) is 0. The molecule has 0 aliphatic heterocycles. The van der Waals surface area contributed by atoms with E-state index in [9.17, 15) is 4.79 Å². The third-order valence-corrected chi connectivity index (χ3v) is 5.07. The van der Waals surface area contributed by atoms with Gasteiger partial charge in [-0.3, -0.25) is 4.79 Å². The van der Waals surface area contributed by atoms with Gasteiger partial charge in [-0.1, -0.05) is 13.3 Å². The summed E-state index contributed by atoms with van der Waals surface area (Å²) in [4.78, 5) is 12.5. The van der Waals surface area contributed by atoms with Crippen molar-refractivity contribution in [2.75, 3.05) is 7.11 Å². The van der Waals surface area contributed by atoms with Gasteiger partial charge in [-0.2, -0.15) is 0 Å². The van der Waals surface area contributed by atoms with Crippen LogP contribution < -0.4 is 14.8 Å². The number of benzene rings is 1. The summed E-state index contributed by atoms with van der Waals surface area (Å²) >= 11 is 0. The van der Waals surface area contributed by atoms with Gasteiger partial charge in [-0.05, 0) is 61.8 Å². The summed E-state index contributed by atoms with van der Waals surface area (Å²) in [6, 6.07) is 7.73. The number of methoxy groups -OCH3 is 1. The molecule has 1 amide bonds. The van der Waals surface area contributed by atoms with E-state index in [4.69, 9.17) is 9.47 Å². The highest BCUT2D eigenvalue weighted by Crippen LogP contribution is 2.44. The molecular weight excluding hydrogens is 278 g/mol. The predicted octanol–water partition coefficient (Wildman–Crippen LogP) is 3.16. The van der Waals surface area contributed by atoms with Crippen LogP contribution in [-0.4, -0.2) is 25.2 Å². The van der Waals surface area contributed by atoms with Gasteiger partial charge in [0.1, 0.15) is 11.5 Å². The van der Waals surface area contributed by atoms with E-state index in [1.54, 1.807) is 7.11 Å². The molecule has 2 saturated carbocycles. The van der Waals surface area contributed by atoms with Gasteiger partial charge in [0.25, 0.3) is 5.91 Å². The van der Waals surface area contributed by atoms with Crippen molar-refractivity contribution in [2.24, 2.45) is 11.8 Å². The first-order valence-electron chi connectivity index (χ1n) is 8.30. The predicted molar refractivity (Wildman–Crippen MR) is 85.1 cm³/mol. The molecular formula is C18H25NO3. The van der Waals surface area contributed by atoms with Crippen LogP contribution >= 0.6 is 0 Å². The molecule has 120 valence electrons. The first-order chi connectivity index (χ1) is 10.7. The second-order valence-corrected chi connectivity index (χ2v) is 6.48. The maximum absolute atomic E-state index is 12.5. The van der Waals surface area contributed by atoms with E-state index in [0.29, 0.717) is 24.1 Å². The van der Waals surface area contributed by atoms with Crippen molar-refractivity contribution in [3.05, 3.63) is 24.3 Å². The second-order valence-electron chi connectivity index (χ2n) is 6.48. The van der Waals surface area contributed by atoms with Gasteiger partial charge in [0.05, 0.1) is 7.11 Å². The van der Waals surface area contributed by atoms with E-state index in [2.05, 4.69) is 5.32 Å². The lowest BCUT2D eigenvalue weighted by molar-refractivity contribution is -0.129. The Bertz CT molecular complexity index is 514. The van der Waals surface area contributed by atoms with Crippen LogP contribution in [0.2, 0.25) is 0 Å². The molecule has 1 N–H and O–H groups in total. The molecule has 2 aliphatic carbocycles. The number of hydrogen-bond acceptors (Lipinski definition) is 3. The zero-order valence-electron chi connectivity index (χ0n) is 13.4. The normalized spacial score (nSPS) is 27.5. The molecule has 0 radical (unpaired) electrons. The van der Waals surface area contributed by atoms with Crippen molar-refractivity contribution in [1.82, 2.24) is 5.32 Å². The maximum atomic E-state index is 12.5. The Morgan fingerprint density at radius 2 is 1.95 bits per heavy atom. The number of ether oxygens (including phenoxy) is 2. The van der Waals surface area contributed by atoms with Crippen molar-refractivity contribution in [1.29, 1.82) is 0 Å². The van der Waals surface area contributed by atoms with Gasteiger partial charge < -0.3 is 14.8 Å². The number of nitrogens with one attached hydrogen (secondary N) is 1. The fourth-order valence-electron chi connectivity index (χ4n) is 3.84. The fraction of sp³-hybridized carbons (Fsp3) is 0.611. The largest absolute Gasteiger partial charge is 0.497 e. The van der Waals surface area contributed by atoms with Crippen LogP contribution in [0, 0.1) is 11.8 Å². The summed E-state index contributed by atoms with van der Waals surface area (Å²) in [7, 11) is 1.63. The highest BCUT2D eigenvalue weighted by molar-refractivity contribution is 5.81. The molecule has 0 unspecified atom stereocenters.